The number of halogens is 1. The van der Waals surface area contributed by atoms with Crippen molar-refractivity contribution >= 4 is 11.6 Å². The van der Waals surface area contributed by atoms with Crippen LogP contribution in [-0.2, 0) is 4.79 Å². The third-order valence-corrected chi connectivity index (χ3v) is 6.22. The van der Waals surface area contributed by atoms with Crippen molar-refractivity contribution in [1.82, 2.24) is 5.32 Å². The Hall–Kier alpha value is -1.62. The molecule has 2 bridgehead atoms. The number of nitrogens with zero attached hydrogens (tertiary/aromatic N) is 1. The third kappa shape index (κ3) is 2.90. The van der Waals surface area contributed by atoms with Gasteiger partial charge in [-0.2, -0.15) is 0 Å². The number of nitrogens with two attached hydrogens (primary N) is 1. The minimum absolute atomic E-state index is 0.00621. The van der Waals surface area contributed by atoms with E-state index in [0.717, 1.165) is 44.5 Å². The molecule has 3 N–H and O–H groups in total. The van der Waals surface area contributed by atoms with E-state index in [1.54, 1.807) is 12.1 Å². The number of amides is 1. The molecule has 24 heavy (non-hydrogen) atoms. The highest BCUT2D eigenvalue weighted by molar-refractivity contribution is 5.80. The van der Waals surface area contributed by atoms with Crippen molar-refractivity contribution in [3.8, 4) is 0 Å². The summed E-state index contributed by atoms with van der Waals surface area (Å²) in [6.07, 6.45) is 5.44. The quantitative estimate of drug-likeness (QED) is 0.893. The number of hydrogen-bond donors (Lipinski definition) is 2. The maximum absolute atomic E-state index is 13.5. The van der Waals surface area contributed by atoms with Crippen LogP contribution in [-0.4, -0.2) is 31.1 Å². The van der Waals surface area contributed by atoms with Crippen molar-refractivity contribution in [1.29, 1.82) is 0 Å². The zero-order chi connectivity index (χ0) is 16.7. The van der Waals surface area contributed by atoms with Gasteiger partial charge in [-0.3, -0.25) is 4.79 Å². The molecule has 3 fully saturated rings. The first-order chi connectivity index (χ1) is 11.6. The van der Waals surface area contributed by atoms with Crippen LogP contribution in [0.2, 0.25) is 0 Å². The van der Waals surface area contributed by atoms with Crippen molar-refractivity contribution in [3.63, 3.8) is 0 Å². The number of hydrogen-bond acceptors (Lipinski definition) is 3. The maximum Gasteiger partial charge on any atom is 0.225 e. The molecule has 1 saturated heterocycles. The Morgan fingerprint density at radius 2 is 2.08 bits per heavy atom. The monoisotopic (exact) mass is 331 g/mol. The van der Waals surface area contributed by atoms with E-state index in [4.69, 9.17) is 5.73 Å². The van der Waals surface area contributed by atoms with Crippen LogP contribution < -0.4 is 16.0 Å². The van der Waals surface area contributed by atoms with Crippen molar-refractivity contribution in [2.45, 2.75) is 44.2 Å². The van der Waals surface area contributed by atoms with Crippen LogP contribution >= 0.6 is 0 Å². The van der Waals surface area contributed by atoms with Crippen molar-refractivity contribution < 1.29 is 9.18 Å². The number of carbonyl (C=O) groups is 1. The van der Waals surface area contributed by atoms with Gasteiger partial charge in [0.05, 0.1) is 5.92 Å². The number of nitrogens with one attached hydrogen (secondary N) is 1. The van der Waals surface area contributed by atoms with Crippen molar-refractivity contribution in [3.05, 3.63) is 30.1 Å². The van der Waals surface area contributed by atoms with Gasteiger partial charge in [-0.1, -0.05) is 6.07 Å². The molecule has 5 atom stereocenters. The second kappa shape index (κ2) is 6.36. The topological polar surface area (TPSA) is 58.4 Å². The highest BCUT2D eigenvalue weighted by Gasteiger charge is 2.49. The molecular weight excluding hydrogens is 305 g/mol. The predicted molar refractivity (Wildman–Crippen MR) is 92.1 cm³/mol. The molecule has 4 nitrogen and oxygen atoms in total. The average Bonchev–Trinajstić information content (AvgIpc) is 3.16. The SMILES string of the molecule is NC1C2CCC(C2)C1C(=O)NC1CCCN(c2cccc(F)c2)C1. The van der Waals surface area contributed by atoms with Crippen LogP contribution in [0.15, 0.2) is 24.3 Å². The van der Waals surface area contributed by atoms with Crippen LogP contribution in [0.1, 0.15) is 32.1 Å². The summed E-state index contributed by atoms with van der Waals surface area (Å²) < 4.78 is 13.5. The number of benzene rings is 1. The molecule has 0 spiro atoms. The number of fused-ring (bicyclic) bond motifs is 2. The molecule has 1 amide bonds. The standard InChI is InChI=1S/C19H26FN3O/c20-14-3-1-5-16(10-14)23-8-2-4-15(11-23)22-19(24)17-12-6-7-13(9-12)18(17)21/h1,3,5,10,12-13,15,17-18H,2,4,6-9,11,21H2,(H,22,24). The van der Waals surface area contributed by atoms with Crippen LogP contribution in [0.5, 0.6) is 0 Å². The largest absolute Gasteiger partial charge is 0.369 e. The van der Waals surface area contributed by atoms with Crippen molar-refractivity contribution in [2.75, 3.05) is 18.0 Å². The second-order valence-electron chi connectivity index (χ2n) is 7.71. The fraction of sp³-hybridized carbons (Fsp3) is 0.632. The van der Waals surface area contributed by atoms with Crippen LogP contribution in [0.25, 0.3) is 0 Å². The molecule has 5 heteroatoms. The highest BCUT2D eigenvalue weighted by Crippen LogP contribution is 2.47. The lowest BCUT2D eigenvalue weighted by Gasteiger charge is -2.36. The average molecular weight is 331 g/mol. The molecule has 1 aromatic carbocycles. The normalized spacial score (nSPS) is 35.2. The first-order valence-electron chi connectivity index (χ1n) is 9.18. The molecule has 2 aliphatic carbocycles. The Bertz CT molecular complexity index is 620. The van der Waals surface area contributed by atoms with Crippen molar-refractivity contribution in [2.24, 2.45) is 23.5 Å². The molecule has 0 aromatic heterocycles. The fourth-order valence-corrected chi connectivity index (χ4v) is 5.02. The molecule has 0 radical (unpaired) electrons. The maximum atomic E-state index is 13.5. The lowest BCUT2D eigenvalue weighted by molar-refractivity contribution is -0.127. The van der Waals surface area contributed by atoms with Gasteiger partial charge in [-0.15, -0.1) is 0 Å². The first kappa shape index (κ1) is 15.9. The number of piperidine rings is 1. The van der Waals surface area contributed by atoms with E-state index >= 15 is 0 Å². The van der Waals surface area contributed by atoms with Gasteiger partial charge in [0.25, 0.3) is 0 Å². The first-order valence-corrected chi connectivity index (χ1v) is 9.18. The third-order valence-electron chi connectivity index (χ3n) is 6.22. The Balaban J connectivity index is 1.39. The minimum Gasteiger partial charge on any atom is -0.369 e. The van der Waals surface area contributed by atoms with E-state index in [0.29, 0.717) is 11.8 Å². The van der Waals surface area contributed by atoms with E-state index in [1.807, 2.05) is 6.07 Å². The summed E-state index contributed by atoms with van der Waals surface area (Å²) in [6, 6.07) is 6.85. The summed E-state index contributed by atoms with van der Waals surface area (Å²) in [7, 11) is 0. The number of rotatable bonds is 3. The van der Waals surface area contributed by atoms with E-state index in [1.165, 1.54) is 12.5 Å². The van der Waals surface area contributed by atoms with Gasteiger partial charge < -0.3 is 16.0 Å². The highest BCUT2D eigenvalue weighted by atomic mass is 19.1. The number of anilines is 1. The smallest absolute Gasteiger partial charge is 0.225 e. The Kier molecular flexibility index (Phi) is 4.21. The minimum atomic E-state index is -0.216. The number of carbonyl (C=O) groups excluding carboxylic acids is 1. The molecule has 3 aliphatic rings. The lowest BCUT2D eigenvalue weighted by Crippen LogP contribution is -2.52. The summed E-state index contributed by atoms with van der Waals surface area (Å²) in [5.41, 5.74) is 7.19. The molecule has 4 rings (SSSR count). The summed E-state index contributed by atoms with van der Waals surface area (Å²) in [4.78, 5) is 14.9. The van der Waals surface area contributed by atoms with Gasteiger partial charge in [-0.05, 0) is 62.1 Å². The molecule has 130 valence electrons. The van der Waals surface area contributed by atoms with E-state index in [2.05, 4.69) is 10.2 Å². The van der Waals surface area contributed by atoms with E-state index in [-0.39, 0.29) is 29.7 Å². The van der Waals surface area contributed by atoms with Gasteiger partial charge in [0.2, 0.25) is 5.91 Å². The zero-order valence-corrected chi connectivity index (χ0v) is 14.0. The summed E-state index contributed by atoms with van der Waals surface area (Å²) in [5, 5.41) is 3.24. The van der Waals surface area contributed by atoms with Crippen LogP contribution in [0.4, 0.5) is 10.1 Å². The fourth-order valence-electron chi connectivity index (χ4n) is 5.02. The Morgan fingerprint density at radius 3 is 2.83 bits per heavy atom. The predicted octanol–water partition coefficient (Wildman–Crippen LogP) is 2.28. The van der Waals surface area contributed by atoms with Gasteiger partial charge in [0.1, 0.15) is 5.82 Å². The van der Waals surface area contributed by atoms with E-state index < -0.39 is 0 Å². The molecule has 1 aromatic rings. The van der Waals surface area contributed by atoms with Crippen LogP contribution in [0, 0.1) is 23.6 Å². The van der Waals surface area contributed by atoms with Crippen LogP contribution in [0.3, 0.4) is 0 Å². The molecule has 1 aliphatic heterocycles. The molecule has 5 unspecified atom stereocenters. The summed E-state index contributed by atoms with van der Waals surface area (Å²) in [6.45, 7) is 1.65. The van der Waals surface area contributed by atoms with Gasteiger partial charge in [-0.25, -0.2) is 4.39 Å². The molecular formula is C19H26FN3O. The summed E-state index contributed by atoms with van der Waals surface area (Å²) in [5.74, 6) is 0.939. The van der Waals surface area contributed by atoms with Gasteiger partial charge >= 0.3 is 0 Å². The Labute approximate surface area is 142 Å². The van der Waals surface area contributed by atoms with Gasteiger partial charge in [0.15, 0.2) is 0 Å². The van der Waals surface area contributed by atoms with E-state index in [9.17, 15) is 9.18 Å². The summed E-state index contributed by atoms with van der Waals surface area (Å²) >= 11 is 0. The molecule has 1 heterocycles. The molecule has 2 saturated carbocycles. The second-order valence-corrected chi connectivity index (χ2v) is 7.71. The lowest BCUT2D eigenvalue weighted by atomic mass is 9.84. The zero-order valence-electron chi connectivity index (χ0n) is 14.0. The Morgan fingerprint density at radius 1 is 1.25 bits per heavy atom. The van der Waals surface area contributed by atoms with Gasteiger partial charge in [0, 0.05) is 30.9 Å².